The van der Waals surface area contributed by atoms with Crippen molar-refractivity contribution in [2.24, 2.45) is 0 Å². The quantitative estimate of drug-likeness (QED) is 0.698. The molecule has 6 heteroatoms. The van der Waals surface area contributed by atoms with E-state index in [0.29, 0.717) is 5.25 Å². The lowest BCUT2D eigenvalue weighted by molar-refractivity contribution is 0.0328. The second-order valence-electron chi connectivity index (χ2n) is 6.95. The minimum atomic E-state index is 0.342. The molecule has 0 saturated carbocycles. The number of thioether (sulfide) groups is 1. The summed E-state index contributed by atoms with van der Waals surface area (Å²) in [6, 6.07) is 19.3. The molecule has 1 atom stereocenters. The smallest absolute Gasteiger partial charge is 0.151 e. The van der Waals surface area contributed by atoms with Gasteiger partial charge in [-0.05, 0) is 17.7 Å². The summed E-state index contributed by atoms with van der Waals surface area (Å²) in [6.45, 7) is 4.30. The maximum Gasteiger partial charge on any atom is 0.151 e. The van der Waals surface area contributed by atoms with Gasteiger partial charge in [-0.3, -0.25) is 9.47 Å². The van der Waals surface area contributed by atoms with Crippen LogP contribution in [-0.4, -0.2) is 46.0 Å². The highest BCUT2D eigenvalue weighted by atomic mass is 32.2. The molecule has 0 radical (unpaired) electrons. The molecule has 1 aromatic heterocycles. The van der Waals surface area contributed by atoms with Gasteiger partial charge in [-0.25, -0.2) is 0 Å². The molecule has 3 aromatic rings. The Hall–Kier alpha value is -2.15. The minimum absolute atomic E-state index is 0.342. The van der Waals surface area contributed by atoms with Crippen LogP contribution < -0.4 is 0 Å². The van der Waals surface area contributed by atoms with Crippen molar-refractivity contribution < 1.29 is 4.74 Å². The monoisotopic (exact) mass is 378 g/mol. The first-order valence-corrected chi connectivity index (χ1v) is 10.3. The fraction of sp³-hybridized carbons (Fsp3) is 0.333. The van der Waals surface area contributed by atoms with Crippen LogP contribution in [0.1, 0.15) is 22.5 Å². The first-order valence-electron chi connectivity index (χ1n) is 9.43. The number of rotatable bonds is 3. The average Bonchev–Trinajstić information content (AvgIpc) is 3.02. The van der Waals surface area contributed by atoms with Gasteiger partial charge < -0.3 is 4.74 Å². The molecule has 1 unspecified atom stereocenters. The van der Waals surface area contributed by atoms with Gasteiger partial charge in [0, 0.05) is 29.7 Å². The zero-order valence-corrected chi connectivity index (χ0v) is 15.9. The molecular formula is C21H22N4OS. The summed E-state index contributed by atoms with van der Waals surface area (Å²) < 4.78 is 7.76. The van der Waals surface area contributed by atoms with Crippen LogP contribution in [-0.2, 0) is 17.7 Å². The molecule has 1 saturated heterocycles. The second kappa shape index (κ2) is 7.46. The van der Waals surface area contributed by atoms with Crippen LogP contribution in [0.5, 0.6) is 0 Å². The molecule has 138 valence electrons. The summed E-state index contributed by atoms with van der Waals surface area (Å²) >= 11 is 1.92. The number of ether oxygens (including phenoxy) is 1. The first-order chi connectivity index (χ1) is 13.4. The number of morpholine rings is 1. The van der Waals surface area contributed by atoms with Crippen molar-refractivity contribution in [3.8, 4) is 5.69 Å². The highest BCUT2D eigenvalue weighted by molar-refractivity contribution is 7.99. The third kappa shape index (κ3) is 3.40. The van der Waals surface area contributed by atoms with Gasteiger partial charge in [-0.15, -0.1) is 22.0 Å². The highest BCUT2D eigenvalue weighted by Gasteiger charge is 2.27. The summed E-state index contributed by atoms with van der Waals surface area (Å²) in [5.74, 6) is 2.07. The Labute approximate surface area is 163 Å². The van der Waals surface area contributed by atoms with E-state index in [4.69, 9.17) is 4.74 Å². The third-order valence-corrected chi connectivity index (χ3v) is 6.50. The average molecular weight is 379 g/mol. The lowest BCUT2D eigenvalue weighted by Crippen LogP contribution is -2.36. The number of benzene rings is 2. The summed E-state index contributed by atoms with van der Waals surface area (Å²) in [5.41, 5.74) is 2.53. The van der Waals surface area contributed by atoms with Crippen molar-refractivity contribution in [3.63, 3.8) is 0 Å². The van der Waals surface area contributed by atoms with Crippen molar-refractivity contribution in [2.45, 2.75) is 23.1 Å². The predicted octanol–water partition coefficient (Wildman–Crippen LogP) is 3.49. The maximum atomic E-state index is 5.48. The number of hydrogen-bond donors (Lipinski definition) is 0. The minimum Gasteiger partial charge on any atom is -0.379 e. The van der Waals surface area contributed by atoms with Crippen LogP contribution in [0.2, 0.25) is 0 Å². The molecule has 0 aliphatic carbocycles. The van der Waals surface area contributed by atoms with E-state index < -0.39 is 0 Å². The van der Waals surface area contributed by atoms with Gasteiger partial charge in [0.25, 0.3) is 0 Å². The molecule has 27 heavy (non-hydrogen) atoms. The van der Waals surface area contributed by atoms with Crippen LogP contribution in [0.3, 0.4) is 0 Å². The summed E-state index contributed by atoms with van der Waals surface area (Å²) in [7, 11) is 0. The molecule has 5 nitrogen and oxygen atoms in total. The molecule has 5 rings (SSSR count). The third-order valence-electron chi connectivity index (χ3n) is 5.18. The van der Waals surface area contributed by atoms with Crippen molar-refractivity contribution in [2.75, 3.05) is 26.3 Å². The number of nitrogens with zero attached hydrogens (tertiary/aromatic N) is 4. The normalized spacial score (nSPS) is 19.9. The summed E-state index contributed by atoms with van der Waals surface area (Å²) in [6.07, 6.45) is 0.874. The first kappa shape index (κ1) is 17.0. The van der Waals surface area contributed by atoms with Gasteiger partial charge in [-0.1, -0.05) is 42.5 Å². The Kier molecular flexibility index (Phi) is 4.69. The van der Waals surface area contributed by atoms with E-state index >= 15 is 0 Å². The zero-order valence-electron chi connectivity index (χ0n) is 15.1. The number of hydrogen-bond acceptors (Lipinski definition) is 5. The summed E-state index contributed by atoms with van der Waals surface area (Å²) in [4.78, 5) is 3.68. The Balaban J connectivity index is 1.54. The van der Waals surface area contributed by atoms with Crippen molar-refractivity contribution >= 4 is 11.8 Å². The van der Waals surface area contributed by atoms with E-state index in [-0.39, 0.29) is 0 Å². The van der Waals surface area contributed by atoms with E-state index in [9.17, 15) is 0 Å². The zero-order chi connectivity index (χ0) is 18.1. The predicted molar refractivity (Wildman–Crippen MR) is 106 cm³/mol. The fourth-order valence-corrected chi connectivity index (χ4v) is 5.05. The molecule has 2 aromatic carbocycles. The van der Waals surface area contributed by atoms with Crippen molar-refractivity contribution in [3.05, 3.63) is 71.8 Å². The Bertz CT molecular complexity index is 921. The second-order valence-corrected chi connectivity index (χ2v) is 8.19. The molecule has 2 aliphatic heterocycles. The van der Waals surface area contributed by atoms with E-state index in [0.717, 1.165) is 50.9 Å². The molecule has 1 fully saturated rings. The Morgan fingerprint density at radius 2 is 1.74 bits per heavy atom. The molecular weight excluding hydrogens is 356 g/mol. The van der Waals surface area contributed by atoms with Crippen LogP contribution >= 0.6 is 11.8 Å². The SMILES string of the molecule is c1ccc(C2Cc3nnc(CN4CCOCC4)n3-c3ccccc3S2)cc1. The van der Waals surface area contributed by atoms with Crippen molar-refractivity contribution in [1.29, 1.82) is 0 Å². The van der Waals surface area contributed by atoms with Crippen LogP contribution in [0.25, 0.3) is 5.69 Å². The van der Waals surface area contributed by atoms with Crippen molar-refractivity contribution in [1.82, 2.24) is 19.7 Å². The molecule has 0 bridgehead atoms. The van der Waals surface area contributed by atoms with Gasteiger partial charge in [0.05, 0.1) is 25.4 Å². The van der Waals surface area contributed by atoms with Gasteiger partial charge in [0.15, 0.2) is 5.82 Å². The van der Waals surface area contributed by atoms with Gasteiger partial charge >= 0.3 is 0 Å². The topological polar surface area (TPSA) is 43.2 Å². The highest BCUT2D eigenvalue weighted by Crippen LogP contribution is 2.43. The Morgan fingerprint density at radius 1 is 0.963 bits per heavy atom. The molecule has 2 aliphatic rings. The van der Waals surface area contributed by atoms with E-state index in [2.05, 4.69) is 74.3 Å². The van der Waals surface area contributed by atoms with Gasteiger partial charge in [-0.2, -0.15) is 0 Å². The Morgan fingerprint density at radius 3 is 2.59 bits per heavy atom. The lowest BCUT2D eigenvalue weighted by Gasteiger charge is -2.26. The fourth-order valence-electron chi connectivity index (χ4n) is 3.78. The van der Waals surface area contributed by atoms with Gasteiger partial charge in [0.1, 0.15) is 5.82 Å². The van der Waals surface area contributed by atoms with Crippen LogP contribution in [0, 0.1) is 0 Å². The largest absolute Gasteiger partial charge is 0.379 e. The van der Waals surface area contributed by atoms with E-state index in [1.807, 2.05) is 11.8 Å². The maximum absolute atomic E-state index is 5.48. The van der Waals surface area contributed by atoms with Crippen LogP contribution in [0.4, 0.5) is 0 Å². The number of para-hydroxylation sites is 1. The van der Waals surface area contributed by atoms with Crippen LogP contribution in [0.15, 0.2) is 59.5 Å². The van der Waals surface area contributed by atoms with E-state index in [1.165, 1.54) is 16.1 Å². The molecule has 3 heterocycles. The van der Waals surface area contributed by atoms with E-state index in [1.54, 1.807) is 0 Å². The van der Waals surface area contributed by atoms with Gasteiger partial charge in [0.2, 0.25) is 0 Å². The summed E-state index contributed by atoms with van der Waals surface area (Å²) in [5, 5.41) is 9.52. The number of fused-ring (bicyclic) bond motifs is 3. The molecule has 0 N–H and O–H groups in total. The standard InChI is InChI=1S/C21H22N4OS/c1-2-6-16(7-3-1)19-14-20-22-23-21(15-24-10-12-26-13-11-24)25(20)17-8-4-5-9-18(17)27-19/h1-9,19H,10-15H2. The molecule has 0 spiro atoms. The lowest BCUT2D eigenvalue weighted by atomic mass is 10.1. The molecule has 0 amide bonds. The number of aromatic nitrogens is 3.